The largest absolute Gasteiger partial charge is 0.350 e. The summed E-state index contributed by atoms with van der Waals surface area (Å²) in [6.45, 7) is 11.4. The van der Waals surface area contributed by atoms with Gasteiger partial charge in [0, 0.05) is 11.2 Å². The van der Waals surface area contributed by atoms with E-state index in [1.165, 1.54) is 11.0 Å². The highest BCUT2D eigenvalue weighted by Crippen LogP contribution is 2.24. The molecule has 0 saturated heterocycles. The van der Waals surface area contributed by atoms with Crippen molar-refractivity contribution in [2.24, 2.45) is 5.92 Å². The number of hydrogen-bond donors (Lipinski definition) is 1. The van der Waals surface area contributed by atoms with E-state index in [0.717, 1.165) is 10.4 Å². The second-order valence-corrected chi connectivity index (χ2v) is 10.1. The standard InChI is InChI=1S/C26H33FN6O2/c1-17(2)15-22(25(35)28-26(4,5)6)33(19-13-11-18(3)12-14-19)23(34)16-32-30-24(29-31-32)20-9-7-8-10-21(20)27/h7-14,17,22H,15-16H2,1-6H3,(H,28,35). The maximum absolute atomic E-state index is 14.1. The summed E-state index contributed by atoms with van der Waals surface area (Å²) in [5, 5.41) is 15.1. The average Bonchev–Trinajstić information content (AvgIpc) is 3.21. The summed E-state index contributed by atoms with van der Waals surface area (Å²) in [6, 6.07) is 12.8. The van der Waals surface area contributed by atoms with Crippen molar-refractivity contribution in [2.75, 3.05) is 4.90 Å². The molecule has 1 N–H and O–H groups in total. The van der Waals surface area contributed by atoms with Gasteiger partial charge in [-0.3, -0.25) is 14.5 Å². The van der Waals surface area contributed by atoms with Crippen LogP contribution >= 0.6 is 0 Å². The first-order valence-corrected chi connectivity index (χ1v) is 11.7. The van der Waals surface area contributed by atoms with Crippen LogP contribution in [0.2, 0.25) is 0 Å². The summed E-state index contributed by atoms with van der Waals surface area (Å²) in [7, 11) is 0. The molecular weight excluding hydrogens is 447 g/mol. The number of nitrogens with zero attached hydrogens (tertiary/aromatic N) is 5. The lowest BCUT2D eigenvalue weighted by Gasteiger charge is -2.34. The summed E-state index contributed by atoms with van der Waals surface area (Å²) in [5.41, 5.74) is 1.37. The summed E-state index contributed by atoms with van der Waals surface area (Å²) in [5.74, 6) is -0.846. The third kappa shape index (κ3) is 6.94. The molecule has 0 saturated carbocycles. The Balaban J connectivity index is 1.95. The van der Waals surface area contributed by atoms with Crippen molar-refractivity contribution in [1.82, 2.24) is 25.5 Å². The summed E-state index contributed by atoms with van der Waals surface area (Å²) in [4.78, 5) is 29.6. The Hall–Kier alpha value is -3.62. The molecule has 9 heteroatoms. The fraction of sp³-hybridized carbons (Fsp3) is 0.423. The molecule has 3 aromatic rings. The van der Waals surface area contributed by atoms with Gasteiger partial charge in [-0.15, -0.1) is 10.2 Å². The van der Waals surface area contributed by atoms with Gasteiger partial charge in [-0.05, 0) is 69.5 Å². The Kier molecular flexibility index (Phi) is 7.99. The second kappa shape index (κ2) is 10.8. The summed E-state index contributed by atoms with van der Waals surface area (Å²) < 4.78 is 14.1. The monoisotopic (exact) mass is 480 g/mol. The Morgan fingerprint density at radius 3 is 2.34 bits per heavy atom. The molecule has 1 aromatic heterocycles. The van der Waals surface area contributed by atoms with Crippen LogP contribution in [0.4, 0.5) is 10.1 Å². The van der Waals surface area contributed by atoms with E-state index in [1.54, 1.807) is 18.2 Å². The van der Waals surface area contributed by atoms with Gasteiger partial charge in [0.2, 0.25) is 11.7 Å². The Morgan fingerprint density at radius 1 is 1.09 bits per heavy atom. The van der Waals surface area contributed by atoms with Gasteiger partial charge in [0.25, 0.3) is 5.91 Å². The van der Waals surface area contributed by atoms with Crippen molar-refractivity contribution in [2.45, 2.75) is 66.1 Å². The average molecular weight is 481 g/mol. The molecule has 0 aliphatic rings. The third-order valence-electron chi connectivity index (χ3n) is 5.23. The van der Waals surface area contributed by atoms with Gasteiger partial charge in [0.15, 0.2) is 0 Å². The molecule has 0 fully saturated rings. The van der Waals surface area contributed by atoms with Crippen LogP contribution in [0.5, 0.6) is 0 Å². The van der Waals surface area contributed by atoms with Gasteiger partial charge >= 0.3 is 0 Å². The van der Waals surface area contributed by atoms with Crippen molar-refractivity contribution in [3.05, 3.63) is 59.9 Å². The Bertz CT molecular complexity index is 1170. The van der Waals surface area contributed by atoms with Gasteiger partial charge < -0.3 is 5.32 Å². The minimum atomic E-state index is -0.737. The Morgan fingerprint density at radius 2 is 1.74 bits per heavy atom. The van der Waals surface area contributed by atoms with Crippen LogP contribution in [0.25, 0.3) is 11.4 Å². The number of anilines is 1. The lowest BCUT2D eigenvalue weighted by Crippen LogP contribution is -2.55. The van der Waals surface area contributed by atoms with E-state index in [9.17, 15) is 14.0 Å². The minimum absolute atomic E-state index is 0.0852. The maximum Gasteiger partial charge on any atom is 0.251 e. The number of carbonyl (C=O) groups excluding carboxylic acids is 2. The molecule has 3 rings (SSSR count). The number of tetrazole rings is 1. The number of carbonyl (C=O) groups is 2. The highest BCUT2D eigenvalue weighted by molar-refractivity contribution is 6.00. The van der Waals surface area contributed by atoms with Crippen molar-refractivity contribution >= 4 is 17.5 Å². The molecule has 2 aromatic carbocycles. The first-order valence-electron chi connectivity index (χ1n) is 11.7. The molecule has 0 radical (unpaired) electrons. The molecule has 1 unspecified atom stereocenters. The topological polar surface area (TPSA) is 93.0 Å². The Labute approximate surface area is 205 Å². The third-order valence-corrected chi connectivity index (χ3v) is 5.23. The van der Waals surface area contributed by atoms with Crippen LogP contribution in [0, 0.1) is 18.7 Å². The van der Waals surface area contributed by atoms with E-state index < -0.39 is 17.4 Å². The molecule has 8 nitrogen and oxygen atoms in total. The number of halogens is 1. The highest BCUT2D eigenvalue weighted by atomic mass is 19.1. The van der Waals surface area contributed by atoms with Crippen LogP contribution in [0.15, 0.2) is 48.5 Å². The number of nitrogens with one attached hydrogen (secondary N) is 1. The predicted molar refractivity (Wildman–Crippen MR) is 133 cm³/mol. The van der Waals surface area contributed by atoms with Gasteiger partial charge in [-0.25, -0.2) is 4.39 Å². The van der Waals surface area contributed by atoms with Crippen LogP contribution in [0.3, 0.4) is 0 Å². The number of benzene rings is 2. The number of aromatic nitrogens is 4. The fourth-order valence-corrected chi connectivity index (χ4v) is 3.69. The lowest BCUT2D eigenvalue weighted by atomic mass is 9.98. The van der Waals surface area contributed by atoms with Gasteiger partial charge in [-0.1, -0.05) is 43.7 Å². The van der Waals surface area contributed by atoms with Crippen molar-refractivity contribution in [3.63, 3.8) is 0 Å². The van der Waals surface area contributed by atoms with Gasteiger partial charge in [0.05, 0.1) is 5.56 Å². The zero-order valence-corrected chi connectivity index (χ0v) is 21.1. The minimum Gasteiger partial charge on any atom is -0.350 e. The fourth-order valence-electron chi connectivity index (χ4n) is 3.69. The molecule has 186 valence electrons. The van der Waals surface area contributed by atoms with Crippen LogP contribution < -0.4 is 10.2 Å². The number of rotatable bonds is 8. The molecule has 1 atom stereocenters. The quantitative estimate of drug-likeness (QED) is 0.523. The van der Waals surface area contributed by atoms with E-state index in [-0.39, 0.29) is 35.7 Å². The molecule has 0 aliphatic heterocycles. The van der Waals surface area contributed by atoms with Crippen molar-refractivity contribution in [3.8, 4) is 11.4 Å². The van der Waals surface area contributed by atoms with Crippen LogP contribution in [-0.4, -0.2) is 43.6 Å². The normalized spacial score (nSPS) is 12.5. The smallest absolute Gasteiger partial charge is 0.251 e. The molecular formula is C26H33FN6O2. The molecule has 0 spiro atoms. The summed E-state index contributed by atoms with van der Waals surface area (Å²) >= 11 is 0. The maximum atomic E-state index is 14.1. The van der Waals surface area contributed by atoms with E-state index in [1.807, 2.05) is 65.8 Å². The van der Waals surface area contributed by atoms with E-state index in [0.29, 0.717) is 12.1 Å². The zero-order chi connectivity index (χ0) is 25.8. The summed E-state index contributed by atoms with van der Waals surface area (Å²) in [6.07, 6.45) is 0.465. The van der Waals surface area contributed by atoms with Crippen LogP contribution in [-0.2, 0) is 16.1 Å². The lowest BCUT2D eigenvalue weighted by molar-refractivity contribution is -0.128. The highest BCUT2D eigenvalue weighted by Gasteiger charge is 2.34. The molecule has 1 heterocycles. The second-order valence-electron chi connectivity index (χ2n) is 10.1. The first-order chi connectivity index (χ1) is 16.4. The molecule has 0 aliphatic carbocycles. The number of aryl methyl sites for hydroxylation is 1. The molecule has 35 heavy (non-hydrogen) atoms. The van der Waals surface area contributed by atoms with Crippen molar-refractivity contribution < 1.29 is 14.0 Å². The van der Waals surface area contributed by atoms with Gasteiger partial charge in [0.1, 0.15) is 18.4 Å². The SMILES string of the molecule is Cc1ccc(N(C(=O)Cn2nnc(-c3ccccc3F)n2)C(CC(C)C)C(=O)NC(C)(C)C)cc1. The zero-order valence-electron chi connectivity index (χ0n) is 21.1. The number of amides is 2. The van der Waals surface area contributed by atoms with Crippen molar-refractivity contribution in [1.29, 1.82) is 0 Å². The van der Waals surface area contributed by atoms with E-state index in [2.05, 4.69) is 20.7 Å². The van der Waals surface area contributed by atoms with E-state index in [4.69, 9.17) is 0 Å². The first kappa shape index (κ1) is 26.0. The molecule has 0 bridgehead atoms. The van der Waals surface area contributed by atoms with Gasteiger partial charge in [-0.2, -0.15) is 4.80 Å². The number of hydrogen-bond acceptors (Lipinski definition) is 5. The van der Waals surface area contributed by atoms with E-state index >= 15 is 0 Å². The molecule has 2 amide bonds. The van der Waals surface area contributed by atoms with Crippen LogP contribution in [0.1, 0.15) is 46.6 Å². The predicted octanol–water partition coefficient (Wildman–Crippen LogP) is 4.15.